The number of halogens is 2. The van der Waals surface area contributed by atoms with E-state index in [0.29, 0.717) is 11.7 Å². The third-order valence-electron chi connectivity index (χ3n) is 4.30. The summed E-state index contributed by atoms with van der Waals surface area (Å²) in [5, 5.41) is 12.2. The van der Waals surface area contributed by atoms with Crippen molar-refractivity contribution in [2.75, 3.05) is 12.4 Å². The van der Waals surface area contributed by atoms with Gasteiger partial charge in [-0.1, -0.05) is 0 Å². The van der Waals surface area contributed by atoms with Crippen LogP contribution in [0.2, 0.25) is 0 Å². The maximum absolute atomic E-state index is 14.7. The van der Waals surface area contributed by atoms with E-state index in [1.807, 2.05) is 12.1 Å². The van der Waals surface area contributed by atoms with Gasteiger partial charge in [-0.25, -0.2) is 14.2 Å². The normalized spacial score (nSPS) is 13.1. The second-order valence-corrected chi connectivity index (χ2v) is 7.69. The minimum atomic E-state index is -1.24. The van der Waals surface area contributed by atoms with E-state index in [4.69, 9.17) is 5.73 Å². The Bertz CT molecular complexity index is 1020. The van der Waals surface area contributed by atoms with Gasteiger partial charge in [0.25, 0.3) is 0 Å². The molecule has 1 saturated carbocycles. The highest BCUT2D eigenvalue weighted by Crippen LogP contribution is 2.31. The summed E-state index contributed by atoms with van der Waals surface area (Å²) in [7, 11) is 1.65. The summed E-state index contributed by atoms with van der Waals surface area (Å²) in [5.74, 6) is -1.94. The molecule has 1 aliphatic rings. The number of carboxylic acid groups (broad SMARTS) is 1. The first-order valence-electron chi connectivity index (χ1n) is 8.87. The number of anilines is 2. The molecule has 2 aromatic carbocycles. The molecule has 0 aliphatic heterocycles. The average Bonchev–Trinajstić information content (AvgIpc) is 3.39. The first kappa shape index (κ1) is 21.4. The molecule has 0 radical (unpaired) electrons. The molecule has 1 heterocycles. The molecular weight excluding hydrogens is 492 g/mol. The molecule has 29 heavy (non-hydrogen) atoms. The summed E-state index contributed by atoms with van der Waals surface area (Å²) in [5.41, 5.74) is 9.95. The number of fused-ring (bicyclic) bond motifs is 1. The van der Waals surface area contributed by atoms with Crippen molar-refractivity contribution in [3.63, 3.8) is 0 Å². The number of nitrogens with one attached hydrogen (secondary N) is 3. The summed E-state index contributed by atoms with van der Waals surface area (Å²) in [6.45, 7) is 0.246. The van der Waals surface area contributed by atoms with Gasteiger partial charge in [-0.15, -0.1) is 0 Å². The van der Waals surface area contributed by atoms with Crippen LogP contribution >= 0.6 is 22.6 Å². The summed E-state index contributed by atoms with van der Waals surface area (Å²) in [4.78, 5) is 22.7. The standard InChI is InChI=1S/C15H12FIN4O2.C4H9NO/c16-12-13(21-10-2-1-8(17)3-7(10)5-18)9(15(22)23)4-11-14(12)20-6-19-11;1-6-5-4-2-3-4/h1-4,6,21H,5,18H2,(H,19,20)(H,22,23);4-5H,2-3H2,1H3. The highest BCUT2D eigenvalue weighted by atomic mass is 127. The van der Waals surface area contributed by atoms with Crippen LogP contribution in [0, 0.1) is 9.39 Å². The minimum Gasteiger partial charge on any atom is -0.478 e. The van der Waals surface area contributed by atoms with Gasteiger partial charge in [0, 0.05) is 21.8 Å². The largest absolute Gasteiger partial charge is 0.478 e. The van der Waals surface area contributed by atoms with Gasteiger partial charge in [0.15, 0.2) is 5.82 Å². The Morgan fingerprint density at radius 1 is 1.45 bits per heavy atom. The Hall–Kier alpha value is -2.28. The number of carbonyl (C=O) groups is 1. The van der Waals surface area contributed by atoms with Crippen LogP contribution in [0.25, 0.3) is 11.0 Å². The number of aromatic carboxylic acids is 1. The van der Waals surface area contributed by atoms with E-state index < -0.39 is 11.8 Å². The zero-order valence-corrected chi connectivity index (χ0v) is 17.8. The fourth-order valence-corrected chi connectivity index (χ4v) is 3.24. The number of aromatic amines is 1. The lowest BCUT2D eigenvalue weighted by Gasteiger charge is -2.14. The molecule has 10 heteroatoms. The molecule has 1 aromatic heterocycles. The predicted molar refractivity (Wildman–Crippen MR) is 117 cm³/mol. The predicted octanol–water partition coefficient (Wildman–Crippen LogP) is 3.51. The molecule has 0 atom stereocenters. The van der Waals surface area contributed by atoms with Crippen molar-refractivity contribution < 1.29 is 19.1 Å². The zero-order chi connectivity index (χ0) is 21.0. The van der Waals surface area contributed by atoms with Gasteiger partial charge in [0.1, 0.15) is 5.52 Å². The number of hydrogen-bond acceptors (Lipinski definition) is 6. The van der Waals surface area contributed by atoms with Crippen molar-refractivity contribution in [3.8, 4) is 0 Å². The summed E-state index contributed by atoms with van der Waals surface area (Å²) >= 11 is 2.15. The number of hydroxylamine groups is 1. The Labute approximate surface area is 180 Å². The minimum absolute atomic E-state index is 0.120. The van der Waals surface area contributed by atoms with E-state index in [1.54, 1.807) is 13.2 Å². The van der Waals surface area contributed by atoms with Crippen molar-refractivity contribution >= 4 is 51.0 Å². The van der Waals surface area contributed by atoms with Gasteiger partial charge < -0.3 is 26.0 Å². The highest BCUT2D eigenvalue weighted by Gasteiger charge is 2.21. The van der Waals surface area contributed by atoms with Crippen molar-refractivity contribution in [1.82, 2.24) is 15.4 Å². The lowest BCUT2D eigenvalue weighted by molar-refractivity contribution is 0.0697. The van der Waals surface area contributed by atoms with Crippen LogP contribution < -0.4 is 16.5 Å². The Morgan fingerprint density at radius 2 is 2.21 bits per heavy atom. The molecule has 1 fully saturated rings. The first-order valence-corrected chi connectivity index (χ1v) is 9.95. The lowest BCUT2D eigenvalue weighted by Crippen LogP contribution is -2.12. The van der Waals surface area contributed by atoms with Crippen molar-refractivity contribution in [2.24, 2.45) is 5.73 Å². The maximum atomic E-state index is 14.7. The molecule has 0 amide bonds. The van der Waals surface area contributed by atoms with E-state index in [1.165, 1.54) is 25.2 Å². The molecule has 8 nitrogen and oxygen atoms in total. The summed E-state index contributed by atoms with van der Waals surface area (Å²) < 4.78 is 15.7. The van der Waals surface area contributed by atoms with Crippen LogP contribution in [0.1, 0.15) is 28.8 Å². The number of benzene rings is 2. The van der Waals surface area contributed by atoms with E-state index in [9.17, 15) is 14.3 Å². The van der Waals surface area contributed by atoms with Gasteiger partial charge in [0.05, 0.1) is 30.2 Å². The quantitative estimate of drug-likeness (QED) is 0.252. The number of nitrogens with two attached hydrogens (primary N) is 1. The van der Waals surface area contributed by atoms with Crippen LogP contribution in [0.3, 0.4) is 0 Å². The Kier molecular flexibility index (Phi) is 7.00. The first-order chi connectivity index (χ1) is 13.9. The van der Waals surface area contributed by atoms with E-state index in [0.717, 1.165) is 9.13 Å². The number of carboxylic acids is 1. The second kappa shape index (κ2) is 9.48. The molecule has 4 rings (SSSR count). The van der Waals surface area contributed by atoms with Crippen LogP contribution in [0.4, 0.5) is 15.8 Å². The van der Waals surface area contributed by atoms with Gasteiger partial charge in [0.2, 0.25) is 0 Å². The Balaban J connectivity index is 0.000000343. The topological polar surface area (TPSA) is 125 Å². The van der Waals surface area contributed by atoms with Crippen LogP contribution in [-0.2, 0) is 11.4 Å². The van der Waals surface area contributed by atoms with E-state index in [-0.39, 0.29) is 28.8 Å². The average molecular weight is 513 g/mol. The molecule has 0 spiro atoms. The lowest BCUT2D eigenvalue weighted by atomic mass is 10.1. The Morgan fingerprint density at radius 3 is 2.79 bits per heavy atom. The van der Waals surface area contributed by atoms with Crippen LogP contribution in [0.15, 0.2) is 30.6 Å². The molecule has 154 valence electrons. The number of hydrogen-bond donors (Lipinski definition) is 5. The van der Waals surface area contributed by atoms with E-state index in [2.05, 4.69) is 48.2 Å². The molecule has 3 aromatic rings. The summed E-state index contributed by atoms with van der Waals surface area (Å²) in [6.07, 6.45) is 3.89. The van der Waals surface area contributed by atoms with Crippen molar-refractivity contribution in [2.45, 2.75) is 25.4 Å². The molecule has 1 aliphatic carbocycles. The fourth-order valence-electron chi connectivity index (χ4n) is 2.69. The smallest absolute Gasteiger partial charge is 0.338 e. The van der Waals surface area contributed by atoms with Gasteiger partial charge in [-0.05, 0) is 65.3 Å². The number of aromatic nitrogens is 2. The monoisotopic (exact) mass is 513 g/mol. The zero-order valence-electron chi connectivity index (χ0n) is 15.6. The van der Waals surface area contributed by atoms with Crippen LogP contribution in [0.5, 0.6) is 0 Å². The van der Waals surface area contributed by atoms with Crippen molar-refractivity contribution in [1.29, 1.82) is 0 Å². The molecule has 6 N–H and O–H groups in total. The third kappa shape index (κ3) is 5.21. The number of H-pyrrole nitrogens is 1. The number of nitrogens with zero attached hydrogens (tertiary/aromatic N) is 1. The second-order valence-electron chi connectivity index (χ2n) is 6.44. The molecule has 0 unspecified atom stereocenters. The third-order valence-corrected chi connectivity index (χ3v) is 4.97. The van der Waals surface area contributed by atoms with Crippen LogP contribution in [-0.4, -0.2) is 34.2 Å². The van der Waals surface area contributed by atoms with Gasteiger partial charge >= 0.3 is 5.97 Å². The molecule has 0 saturated heterocycles. The van der Waals surface area contributed by atoms with Gasteiger partial charge in [-0.3, -0.25) is 0 Å². The number of imidazole rings is 1. The molecule has 0 bridgehead atoms. The fraction of sp³-hybridized carbons (Fsp3) is 0.263. The maximum Gasteiger partial charge on any atom is 0.338 e. The SMILES string of the molecule is CONC1CC1.NCc1cc(I)ccc1Nc1c(C(=O)O)cc2nc[nH]c2c1F. The van der Waals surface area contributed by atoms with Gasteiger partial charge in [-0.2, -0.15) is 5.48 Å². The molecular formula is C19H21FIN5O3. The number of rotatable bonds is 6. The highest BCUT2D eigenvalue weighted by molar-refractivity contribution is 14.1. The van der Waals surface area contributed by atoms with Crippen molar-refractivity contribution in [3.05, 3.63) is 51.1 Å². The summed E-state index contributed by atoms with van der Waals surface area (Å²) in [6, 6.07) is 7.43. The van der Waals surface area contributed by atoms with E-state index >= 15 is 0 Å².